The summed E-state index contributed by atoms with van der Waals surface area (Å²) in [5.74, 6) is 0.125. The van der Waals surface area contributed by atoms with E-state index < -0.39 is 0 Å². The number of quaternary nitrogens is 1. The van der Waals surface area contributed by atoms with Crippen LogP contribution in [0.5, 0.6) is 0 Å². The van der Waals surface area contributed by atoms with Crippen LogP contribution < -0.4 is 10.2 Å². The van der Waals surface area contributed by atoms with Crippen molar-refractivity contribution in [3.63, 3.8) is 0 Å². The lowest BCUT2D eigenvalue weighted by molar-refractivity contribution is -0.913. The molecule has 1 aliphatic heterocycles. The topological polar surface area (TPSA) is 59.6 Å². The van der Waals surface area contributed by atoms with Crippen LogP contribution in [0.3, 0.4) is 0 Å². The van der Waals surface area contributed by atoms with Crippen molar-refractivity contribution in [3.05, 3.63) is 70.3 Å². The van der Waals surface area contributed by atoms with E-state index in [0.29, 0.717) is 5.76 Å². The van der Waals surface area contributed by atoms with Gasteiger partial charge in [-0.3, -0.25) is 9.78 Å². The second-order valence-corrected chi connectivity index (χ2v) is 8.27. The molecule has 1 atom stereocenters. The number of amides is 1. The number of carbonyl (C=O) groups excluding carboxylic acids is 1. The number of carbonyl (C=O) groups is 1. The monoisotopic (exact) mass is 382 g/mol. The highest BCUT2D eigenvalue weighted by Gasteiger charge is 2.34. The maximum absolute atomic E-state index is 12.6. The highest BCUT2D eigenvalue weighted by molar-refractivity contribution is 7.16. The zero-order valence-electron chi connectivity index (χ0n) is 15.6. The lowest BCUT2D eigenvalue weighted by Crippen LogP contribution is -3.10. The Bertz CT molecular complexity index is 913. The predicted octanol–water partition coefficient (Wildman–Crippen LogP) is 3.37. The van der Waals surface area contributed by atoms with Crippen molar-refractivity contribution in [2.45, 2.75) is 32.7 Å². The molecule has 1 amide bonds. The van der Waals surface area contributed by atoms with E-state index in [0.717, 1.165) is 18.1 Å². The van der Waals surface area contributed by atoms with Gasteiger partial charge in [0, 0.05) is 35.7 Å². The SMILES string of the molecule is Cc1sc(NC(=O)c2ccco2)c([C@H](c2cccnc2)[NH+]2CCCC2)c1C. The number of nitrogens with zero attached hydrogens (tertiary/aromatic N) is 1. The molecule has 6 heteroatoms. The van der Waals surface area contributed by atoms with E-state index in [-0.39, 0.29) is 11.9 Å². The normalized spacial score (nSPS) is 15.8. The van der Waals surface area contributed by atoms with Crippen LogP contribution >= 0.6 is 11.3 Å². The second-order valence-electron chi connectivity index (χ2n) is 7.04. The quantitative estimate of drug-likeness (QED) is 0.711. The molecule has 0 aromatic carbocycles. The Kier molecular flexibility index (Phi) is 5.09. The van der Waals surface area contributed by atoms with Gasteiger partial charge in [0.1, 0.15) is 11.0 Å². The summed E-state index contributed by atoms with van der Waals surface area (Å²) in [6, 6.07) is 7.74. The molecule has 0 unspecified atom stereocenters. The van der Waals surface area contributed by atoms with Gasteiger partial charge < -0.3 is 14.6 Å². The van der Waals surface area contributed by atoms with Gasteiger partial charge in [-0.2, -0.15) is 0 Å². The zero-order valence-corrected chi connectivity index (χ0v) is 16.4. The standard InChI is InChI=1S/C21H23N3O2S/c1-14-15(2)27-21(23-20(25)17-8-6-12-26-17)18(14)19(24-10-3-4-11-24)16-7-5-9-22-13-16/h5-9,12-13,19H,3-4,10-11H2,1-2H3,(H,23,25)/p+1/t19-/m0/s1. The van der Waals surface area contributed by atoms with Crippen LogP contribution in [-0.4, -0.2) is 24.0 Å². The molecule has 1 fully saturated rings. The van der Waals surface area contributed by atoms with Crippen molar-refractivity contribution in [3.8, 4) is 0 Å². The van der Waals surface area contributed by atoms with Crippen LogP contribution in [-0.2, 0) is 0 Å². The Balaban J connectivity index is 1.76. The van der Waals surface area contributed by atoms with Crippen molar-refractivity contribution >= 4 is 22.2 Å². The second kappa shape index (κ2) is 7.66. The maximum Gasteiger partial charge on any atom is 0.291 e. The van der Waals surface area contributed by atoms with Gasteiger partial charge in [0.25, 0.3) is 5.91 Å². The molecule has 140 valence electrons. The molecule has 0 bridgehead atoms. The van der Waals surface area contributed by atoms with Crippen molar-refractivity contribution in [1.82, 2.24) is 4.98 Å². The first-order valence-corrected chi connectivity index (χ1v) is 10.2. The van der Waals surface area contributed by atoms with Crippen molar-refractivity contribution in [2.75, 3.05) is 18.4 Å². The van der Waals surface area contributed by atoms with Crippen molar-refractivity contribution in [2.24, 2.45) is 0 Å². The van der Waals surface area contributed by atoms with E-state index in [1.807, 2.05) is 18.5 Å². The van der Waals surface area contributed by atoms with E-state index in [1.165, 1.54) is 45.6 Å². The number of aryl methyl sites for hydroxylation is 1. The Hall–Kier alpha value is -2.44. The first-order valence-electron chi connectivity index (χ1n) is 9.34. The molecule has 3 aromatic heterocycles. The minimum absolute atomic E-state index is 0.179. The number of pyridine rings is 1. The molecule has 1 saturated heterocycles. The average molecular weight is 383 g/mol. The summed E-state index contributed by atoms with van der Waals surface area (Å²) in [7, 11) is 0. The number of thiophene rings is 1. The fourth-order valence-corrected chi connectivity index (χ4v) is 5.02. The summed E-state index contributed by atoms with van der Waals surface area (Å²) in [5.41, 5.74) is 3.66. The molecular weight excluding hydrogens is 358 g/mol. The molecule has 27 heavy (non-hydrogen) atoms. The van der Waals surface area contributed by atoms with E-state index >= 15 is 0 Å². The fourth-order valence-electron chi connectivity index (χ4n) is 3.93. The maximum atomic E-state index is 12.6. The number of furan rings is 1. The molecule has 3 aromatic rings. The smallest absolute Gasteiger partial charge is 0.291 e. The number of rotatable bonds is 5. The highest BCUT2D eigenvalue weighted by atomic mass is 32.1. The molecule has 0 saturated carbocycles. The predicted molar refractivity (Wildman–Crippen MR) is 106 cm³/mol. The first kappa shape index (κ1) is 17.9. The lowest BCUT2D eigenvalue weighted by atomic mass is 9.96. The average Bonchev–Trinajstić information content (AvgIpc) is 3.42. The molecule has 0 radical (unpaired) electrons. The third-order valence-corrected chi connectivity index (χ3v) is 6.50. The minimum atomic E-state index is -0.205. The Morgan fingerprint density at radius 2 is 2.07 bits per heavy atom. The molecule has 4 rings (SSSR count). The van der Waals surface area contributed by atoms with Crippen LogP contribution in [0.4, 0.5) is 5.00 Å². The summed E-state index contributed by atoms with van der Waals surface area (Å²) in [6.45, 7) is 6.55. The first-order chi connectivity index (χ1) is 13.1. The number of likely N-dealkylation sites (tertiary alicyclic amines) is 1. The van der Waals surface area contributed by atoms with Gasteiger partial charge in [-0.15, -0.1) is 11.3 Å². The number of anilines is 1. The van der Waals surface area contributed by atoms with Gasteiger partial charge in [-0.05, 0) is 43.7 Å². The summed E-state index contributed by atoms with van der Waals surface area (Å²) in [6.07, 6.45) is 7.77. The van der Waals surface area contributed by atoms with Crippen molar-refractivity contribution in [1.29, 1.82) is 0 Å². The Labute approximate surface area is 163 Å². The van der Waals surface area contributed by atoms with E-state index in [4.69, 9.17) is 4.42 Å². The summed E-state index contributed by atoms with van der Waals surface area (Å²) >= 11 is 1.64. The van der Waals surface area contributed by atoms with Gasteiger partial charge in [-0.1, -0.05) is 0 Å². The van der Waals surface area contributed by atoms with Crippen LogP contribution in [0.15, 0.2) is 47.3 Å². The van der Waals surface area contributed by atoms with E-state index in [2.05, 4.69) is 30.2 Å². The molecule has 4 heterocycles. The number of nitrogens with one attached hydrogen (secondary N) is 2. The van der Waals surface area contributed by atoms with Gasteiger partial charge in [0.05, 0.1) is 24.9 Å². The van der Waals surface area contributed by atoms with Gasteiger partial charge in [0.2, 0.25) is 0 Å². The van der Waals surface area contributed by atoms with E-state index in [9.17, 15) is 4.79 Å². The van der Waals surface area contributed by atoms with Crippen LogP contribution in [0, 0.1) is 13.8 Å². The molecule has 0 spiro atoms. The molecule has 0 aliphatic carbocycles. The lowest BCUT2D eigenvalue weighted by Gasteiger charge is -2.26. The summed E-state index contributed by atoms with van der Waals surface area (Å²) in [4.78, 5) is 19.7. The van der Waals surface area contributed by atoms with Gasteiger partial charge >= 0.3 is 0 Å². The third kappa shape index (κ3) is 3.55. The van der Waals surface area contributed by atoms with Crippen molar-refractivity contribution < 1.29 is 14.1 Å². The largest absolute Gasteiger partial charge is 0.459 e. The molecule has 1 aliphatic rings. The molecule has 5 nitrogen and oxygen atoms in total. The Morgan fingerprint density at radius 3 is 2.74 bits per heavy atom. The van der Waals surface area contributed by atoms with Gasteiger partial charge in [-0.25, -0.2) is 0 Å². The molecule has 2 N–H and O–H groups in total. The highest BCUT2D eigenvalue weighted by Crippen LogP contribution is 2.38. The zero-order chi connectivity index (χ0) is 18.8. The molecular formula is C21H24N3O2S+. The number of hydrogen-bond donors (Lipinski definition) is 2. The number of aromatic nitrogens is 1. The van der Waals surface area contributed by atoms with Gasteiger partial charge in [0.15, 0.2) is 5.76 Å². The van der Waals surface area contributed by atoms with Crippen LogP contribution in [0.1, 0.15) is 51.0 Å². The third-order valence-electron chi connectivity index (χ3n) is 5.36. The van der Waals surface area contributed by atoms with E-state index in [1.54, 1.807) is 23.5 Å². The van der Waals surface area contributed by atoms with Crippen LogP contribution in [0.2, 0.25) is 0 Å². The fraction of sp³-hybridized carbons (Fsp3) is 0.333. The Morgan fingerprint density at radius 1 is 1.26 bits per heavy atom. The number of hydrogen-bond acceptors (Lipinski definition) is 4. The minimum Gasteiger partial charge on any atom is -0.459 e. The van der Waals surface area contributed by atoms with Crippen LogP contribution in [0.25, 0.3) is 0 Å². The summed E-state index contributed by atoms with van der Waals surface area (Å²) < 4.78 is 5.27. The summed E-state index contributed by atoms with van der Waals surface area (Å²) in [5, 5.41) is 4.02.